The van der Waals surface area contributed by atoms with Gasteiger partial charge in [0.05, 0.1) is 28.7 Å². The maximum atomic E-state index is 13.2. The van der Waals surface area contributed by atoms with Gasteiger partial charge in [0.25, 0.3) is 5.56 Å². The molecule has 0 radical (unpaired) electrons. The van der Waals surface area contributed by atoms with Crippen LogP contribution in [0.3, 0.4) is 0 Å². The van der Waals surface area contributed by atoms with E-state index in [4.69, 9.17) is 26.2 Å². The SMILES string of the molecule is CCOc1cc(C=Nn2c([C@@H](C)CC)nc3ccc(Br)cc3c2=O)cc(Cl)c1OCC(=O)O. The Morgan fingerprint density at radius 2 is 2.06 bits per heavy atom. The maximum absolute atomic E-state index is 13.2. The van der Waals surface area contributed by atoms with Crippen molar-refractivity contribution in [3.8, 4) is 11.5 Å². The Morgan fingerprint density at radius 3 is 2.73 bits per heavy atom. The van der Waals surface area contributed by atoms with Crippen LogP contribution in [0.2, 0.25) is 5.02 Å². The zero-order valence-electron chi connectivity index (χ0n) is 18.3. The fourth-order valence-corrected chi connectivity index (χ4v) is 3.74. The monoisotopic (exact) mass is 535 g/mol. The summed E-state index contributed by atoms with van der Waals surface area (Å²) in [5.74, 6) is -0.176. The highest BCUT2D eigenvalue weighted by Crippen LogP contribution is 2.36. The minimum atomic E-state index is -1.13. The molecular weight excluding hydrogens is 514 g/mol. The first kappa shape index (κ1) is 24.7. The van der Waals surface area contributed by atoms with E-state index < -0.39 is 12.6 Å². The topological polar surface area (TPSA) is 103 Å². The van der Waals surface area contributed by atoms with Crippen molar-refractivity contribution < 1.29 is 19.4 Å². The van der Waals surface area contributed by atoms with E-state index in [1.165, 1.54) is 10.9 Å². The second-order valence-electron chi connectivity index (χ2n) is 7.25. The molecule has 174 valence electrons. The standard InChI is InChI=1S/C23H23BrClN3O5/c1-4-13(3)22-27-18-7-6-15(24)10-16(18)23(31)28(22)26-11-14-8-17(25)21(33-12-20(29)30)19(9-14)32-5-2/h6-11,13H,4-5,12H2,1-3H3,(H,29,30)/t13-/m0/s1. The van der Waals surface area contributed by atoms with Gasteiger partial charge in [0.15, 0.2) is 18.1 Å². The lowest BCUT2D eigenvalue weighted by molar-refractivity contribution is -0.139. The van der Waals surface area contributed by atoms with Crippen molar-refractivity contribution in [1.82, 2.24) is 9.66 Å². The van der Waals surface area contributed by atoms with Crippen molar-refractivity contribution in [3.05, 3.63) is 61.6 Å². The van der Waals surface area contributed by atoms with Crippen LogP contribution in [-0.4, -0.2) is 40.2 Å². The Kier molecular flexibility index (Phi) is 8.10. The minimum Gasteiger partial charge on any atom is -0.490 e. The Morgan fingerprint density at radius 1 is 1.30 bits per heavy atom. The molecule has 0 aliphatic heterocycles. The minimum absolute atomic E-state index is 0.00253. The Labute approximate surface area is 203 Å². The van der Waals surface area contributed by atoms with E-state index in [1.54, 1.807) is 31.2 Å². The van der Waals surface area contributed by atoms with Crippen molar-refractivity contribution >= 4 is 50.6 Å². The lowest BCUT2D eigenvalue weighted by atomic mass is 10.1. The molecule has 0 saturated heterocycles. The number of benzene rings is 2. The maximum Gasteiger partial charge on any atom is 0.341 e. The normalized spacial score (nSPS) is 12.3. The van der Waals surface area contributed by atoms with Crippen LogP contribution in [0.5, 0.6) is 11.5 Å². The predicted molar refractivity (Wildman–Crippen MR) is 131 cm³/mol. The molecule has 3 aromatic rings. The third-order valence-corrected chi connectivity index (χ3v) is 5.65. The number of aliphatic carboxylic acids is 1. The van der Waals surface area contributed by atoms with Crippen molar-refractivity contribution in [2.45, 2.75) is 33.1 Å². The zero-order valence-corrected chi connectivity index (χ0v) is 20.7. The van der Waals surface area contributed by atoms with Gasteiger partial charge < -0.3 is 14.6 Å². The summed E-state index contributed by atoms with van der Waals surface area (Å²) < 4.78 is 12.9. The van der Waals surface area contributed by atoms with Crippen LogP contribution in [0.1, 0.15) is 44.5 Å². The van der Waals surface area contributed by atoms with Crippen LogP contribution >= 0.6 is 27.5 Å². The molecule has 0 unspecified atom stereocenters. The highest BCUT2D eigenvalue weighted by Gasteiger charge is 2.17. The molecule has 2 aromatic carbocycles. The molecule has 3 rings (SSSR count). The van der Waals surface area contributed by atoms with Gasteiger partial charge in [0.2, 0.25) is 0 Å². The number of carboxylic acid groups (broad SMARTS) is 1. The van der Waals surface area contributed by atoms with E-state index in [-0.39, 0.29) is 28.0 Å². The molecule has 33 heavy (non-hydrogen) atoms. The fraction of sp³-hybridized carbons (Fsp3) is 0.304. The summed E-state index contributed by atoms with van der Waals surface area (Å²) in [6, 6.07) is 8.54. The Bertz CT molecular complexity index is 1280. The number of hydrogen-bond acceptors (Lipinski definition) is 6. The average molecular weight is 537 g/mol. The number of fused-ring (bicyclic) bond motifs is 1. The molecule has 0 spiro atoms. The van der Waals surface area contributed by atoms with Gasteiger partial charge in [-0.1, -0.05) is 41.4 Å². The molecule has 0 aliphatic rings. The predicted octanol–water partition coefficient (Wildman–Crippen LogP) is 5.07. The van der Waals surface area contributed by atoms with Crippen molar-refractivity contribution in [1.29, 1.82) is 0 Å². The number of nitrogens with zero attached hydrogens (tertiary/aromatic N) is 3. The average Bonchev–Trinajstić information content (AvgIpc) is 2.77. The van der Waals surface area contributed by atoms with Gasteiger partial charge in [-0.2, -0.15) is 9.78 Å². The van der Waals surface area contributed by atoms with E-state index in [9.17, 15) is 9.59 Å². The molecule has 1 N–H and O–H groups in total. The summed E-state index contributed by atoms with van der Waals surface area (Å²) in [7, 11) is 0. The lowest BCUT2D eigenvalue weighted by Crippen LogP contribution is -2.23. The fourth-order valence-electron chi connectivity index (χ4n) is 3.10. The Hall–Kier alpha value is -2.91. The molecule has 10 heteroatoms. The van der Waals surface area contributed by atoms with Crippen LogP contribution in [0, 0.1) is 0 Å². The van der Waals surface area contributed by atoms with E-state index in [0.717, 1.165) is 10.9 Å². The molecule has 1 atom stereocenters. The van der Waals surface area contributed by atoms with Crippen LogP contribution < -0.4 is 15.0 Å². The number of rotatable bonds is 9. The third kappa shape index (κ3) is 5.72. The number of ether oxygens (including phenoxy) is 2. The van der Waals surface area contributed by atoms with E-state index in [0.29, 0.717) is 28.9 Å². The summed E-state index contributed by atoms with van der Waals surface area (Å²) in [5, 5.41) is 13.9. The van der Waals surface area contributed by atoms with Crippen LogP contribution in [0.25, 0.3) is 10.9 Å². The number of hydrogen-bond donors (Lipinski definition) is 1. The molecule has 0 saturated carbocycles. The summed E-state index contributed by atoms with van der Waals surface area (Å²) in [4.78, 5) is 28.8. The molecule has 1 aromatic heterocycles. The van der Waals surface area contributed by atoms with Gasteiger partial charge in [-0.3, -0.25) is 4.79 Å². The second-order valence-corrected chi connectivity index (χ2v) is 8.57. The number of halogens is 2. The first-order valence-electron chi connectivity index (χ1n) is 10.3. The highest BCUT2D eigenvalue weighted by atomic mass is 79.9. The quantitative estimate of drug-likeness (QED) is 0.383. The van der Waals surface area contributed by atoms with Gasteiger partial charge in [-0.25, -0.2) is 9.78 Å². The van der Waals surface area contributed by atoms with Gasteiger partial charge in [0.1, 0.15) is 5.82 Å². The summed E-state index contributed by atoms with van der Waals surface area (Å²) >= 11 is 9.72. The molecular formula is C23H23BrClN3O5. The summed E-state index contributed by atoms with van der Waals surface area (Å²) in [5.41, 5.74) is 0.861. The van der Waals surface area contributed by atoms with Gasteiger partial charge in [-0.15, -0.1) is 0 Å². The molecule has 0 aliphatic carbocycles. The first-order chi connectivity index (χ1) is 15.7. The van der Waals surface area contributed by atoms with Crippen molar-refractivity contribution in [2.75, 3.05) is 13.2 Å². The number of carboxylic acids is 1. The summed E-state index contributed by atoms with van der Waals surface area (Å²) in [6.07, 6.45) is 2.26. The largest absolute Gasteiger partial charge is 0.490 e. The molecule has 0 amide bonds. The Balaban J connectivity index is 2.10. The lowest BCUT2D eigenvalue weighted by Gasteiger charge is -2.15. The van der Waals surface area contributed by atoms with Crippen LogP contribution in [0.4, 0.5) is 0 Å². The highest BCUT2D eigenvalue weighted by molar-refractivity contribution is 9.10. The molecule has 8 nitrogen and oxygen atoms in total. The number of carbonyl (C=O) groups is 1. The third-order valence-electron chi connectivity index (χ3n) is 4.88. The smallest absolute Gasteiger partial charge is 0.341 e. The molecule has 0 bridgehead atoms. The number of aromatic nitrogens is 2. The zero-order chi connectivity index (χ0) is 24.1. The van der Waals surface area contributed by atoms with Gasteiger partial charge >= 0.3 is 5.97 Å². The molecule has 0 fully saturated rings. The van der Waals surface area contributed by atoms with Crippen LogP contribution in [0.15, 0.2) is 44.7 Å². The second kappa shape index (κ2) is 10.8. The van der Waals surface area contributed by atoms with Gasteiger partial charge in [0, 0.05) is 10.4 Å². The van der Waals surface area contributed by atoms with E-state index >= 15 is 0 Å². The van der Waals surface area contributed by atoms with Gasteiger partial charge in [-0.05, 0) is 49.2 Å². The first-order valence-corrected chi connectivity index (χ1v) is 11.5. The van der Waals surface area contributed by atoms with Crippen molar-refractivity contribution in [2.24, 2.45) is 5.10 Å². The van der Waals surface area contributed by atoms with E-state index in [2.05, 4.69) is 26.0 Å². The summed E-state index contributed by atoms with van der Waals surface area (Å²) in [6.45, 7) is 5.55. The van der Waals surface area contributed by atoms with Crippen molar-refractivity contribution in [3.63, 3.8) is 0 Å². The van der Waals surface area contributed by atoms with Crippen LogP contribution in [-0.2, 0) is 4.79 Å². The molecule has 1 heterocycles. The van der Waals surface area contributed by atoms with E-state index in [1.807, 2.05) is 19.9 Å².